The highest BCUT2D eigenvalue weighted by atomic mass is 16.1. The number of fused-ring (bicyclic) bond motifs is 2. The van der Waals surface area contributed by atoms with E-state index in [0.717, 1.165) is 30.8 Å². The van der Waals surface area contributed by atoms with Gasteiger partial charge in [-0.15, -0.1) is 0 Å². The van der Waals surface area contributed by atoms with Gasteiger partial charge in [-0.25, -0.2) is 15.0 Å². The highest BCUT2D eigenvalue weighted by Crippen LogP contribution is 2.22. The Morgan fingerprint density at radius 3 is 3.09 bits per heavy atom. The van der Waals surface area contributed by atoms with Crippen molar-refractivity contribution in [1.82, 2.24) is 24.5 Å². The fraction of sp³-hybridized carbons (Fsp3) is 0.353. The van der Waals surface area contributed by atoms with E-state index < -0.39 is 0 Å². The van der Waals surface area contributed by atoms with Gasteiger partial charge in [-0.1, -0.05) is 0 Å². The zero-order valence-electron chi connectivity index (χ0n) is 13.0. The van der Waals surface area contributed by atoms with Crippen molar-refractivity contribution < 1.29 is 0 Å². The van der Waals surface area contributed by atoms with Crippen LogP contribution in [0.2, 0.25) is 0 Å². The van der Waals surface area contributed by atoms with Gasteiger partial charge in [0.05, 0.1) is 23.4 Å². The van der Waals surface area contributed by atoms with E-state index in [-0.39, 0.29) is 5.56 Å². The van der Waals surface area contributed by atoms with Gasteiger partial charge in [0.15, 0.2) is 0 Å². The second-order valence-corrected chi connectivity index (χ2v) is 5.89. The lowest BCUT2D eigenvalue weighted by atomic mass is 10.2. The number of pyridine rings is 1. The van der Waals surface area contributed by atoms with Crippen molar-refractivity contribution in [2.75, 3.05) is 0 Å². The van der Waals surface area contributed by atoms with Gasteiger partial charge in [0, 0.05) is 30.6 Å². The molecule has 0 saturated heterocycles. The molecule has 0 aliphatic heterocycles. The quantitative estimate of drug-likeness (QED) is 0.735. The third-order valence-electron chi connectivity index (χ3n) is 4.39. The van der Waals surface area contributed by atoms with E-state index in [2.05, 4.69) is 19.9 Å². The minimum absolute atomic E-state index is 0.0460. The summed E-state index contributed by atoms with van der Waals surface area (Å²) in [4.78, 5) is 30.0. The summed E-state index contributed by atoms with van der Waals surface area (Å²) in [5.41, 5.74) is 4.15. The van der Waals surface area contributed by atoms with E-state index in [1.54, 1.807) is 29.4 Å². The standard InChI is InChI=1S/C17H17N5O/c1-11-12-3-2-4-14(12)21-16(20-11)6-8-22-10-19-15-9-18-7-5-13(15)17(22)23/h5,7,9-10H,2-4,6,8H2,1H3. The van der Waals surface area contributed by atoms with Crippen LogP contribution in [0.4, 0.5) is 0 Å². The summed E-state index contributed by atoms with van der Waals surface area (Å²) in [6.07, 6.45) is 8.71. The van der Waals surface area contributed by atoms with Crippen LogP contribution in [0, 0.1) is 6.92 Å². The van der Waals surface area contributed by atoms with Crippen LogP contribution in [0.25, 0.3) is 10.9 Å². The van der Waals surface area contributed by atoms with E-state index in [1.807, 2.05) is 6.92 Å². The molecule has 0 N–H and O–H groups in total. The lowest BCUT2D eigenvalue weighted by molar-refractivity contribution is 0.638. The van der Waals surface area contributed by atoms with E-state index in [1.165, 1.54) is 11.3 Å². The van der Waals surface area contributed by atoms with Crippen LogP contribution in [-0.2, 0) is 25.8 Å². The molecule has 0 unspecified atom stereocenters. The van der Waals surface area contributed by atoms with Gasteiger partial charge in [0.1, 0.15) is 5.82 Å². The van der Waals surface area contributed by atoms with E-state index in [4.69, 9.17) is 0 Å². The highest BCUT2D eigenvalue weighted by Gasteiger charge is 2.17. The highest BCUT2D eigenvalue weighted by molar-refractivity contribution is 5.75. The maximum absolute atomic E-state index is 12.5. The molecule has 6 heteroatoms. The number of hydrogen-bond acceptors (Lipinski definition) is 5. The number of aryl methyl sites for hydroxylation is 4. The Morgan fingerprint density at radius 1 is 1.26 bits per heavy atom. The molecule has 3 heterocycles. The fourth-order valence-electron chi connectivity index (χ4n) is 3.18. The lowest BCUT2D eigenvalue weighted by Crippen LogP contribution is -2.22. The van der Waals surface area contributed by atoms with Gasteiger partial charge in [-0.3, -0.25) is 14.3 Å². The first-order valence-corrected chi connectivity index (χ1v) is 7.87. The van der Waals surface area contributed by atoms with Crippen molar-refractivity contribution >= 4 is 10.9 Å². The van der Waals surface area contributed by atoms with E-state index in [0.29, 0.717) is 23.9 Å². The Morgan fingerprint density at radius 2 is 2.17 bits per heavy atom. The largest absolute Gasteiger partial charge is 0.298 e. The average molecular weight is 307 g/mol. The molecular formula is C17H17N5O. The molecular weight excluding hydrogens is 290 g/mol. The Balaban J connectivity index is 1.61. The van der Waals surface area contributed by atoms with Crippen LogP contribution >= 0.6 is 0 Å². The molecule has 0 fully saturated rings. The topological polar surface area (TPSA) is 73.6 Å². The zero-order valence-corrected chi connectivity index (χ0v) is 13.0. The molecule has 0 spiro atoms. The van der Waals surface area contributed by atoms with Crippen molar-refractivity contribution in [2.45, 2.75) is 39.2 Å². The van der Waals surface area contributed by atoms with Crippen molar-refractivity contribution in [3.05, 3.63) is 57.9 Å². The van der Waals surface area contributed by atoms with Crippen molar-refractivity contribution in [3.8, 4) is 0 Å². The Hall–Kier alpha value is -2.63. The predicted molar refractivity (Wildman–Crippen MR) is 86.3 cm³/mol. The summed E-state index contributed by atoms with van der Waals surface area (Å²) in [6, 6.07) is 1.71. The second-order valence-electron chi connectivity index (χ2n) is 5.89. The maximum Gasteiger partial charge on any atom is 0.261 e. The van der Waals surface area contributed by atoms with Crippen molar-refractivity contribution in [2.24, 2.45) is 0 Å². The zero-order chi connectivity index (χ0) is 15.8. The van der Waals surface area contributed by atoms with Gasteiger partial charge in [0.2, 0.25) is 0 Å². The molecule has 0 saturated carbocycles. The molecule has 116 valence electrons. The minimum Gasteiger partial charge on any atom is -0.298 e. The Bertz CT molecular complexity index is 947. The normalized spacial score (nSPS) is 13.4. The molecule has 0 aromatic carbocycles. The van der Waals surface area contributed by atoms with Gasteiger partial charge < -0.3 is 0 Å². The van der Waals surface area contributed by atoms with Crippen LogP contribution in [0.15, 0.2) is 29.6 Å². The van der Waals surface area contributed by atoms with Crippen molar-refractivity contribution in [1.29, 1.82) is 0 Å². The first-order chi connectivity index (χ1) is 11.2. The molecule has 3 aromatic heterocycles. The molecule has 23 heavy (non-hydrogen) atoms. The average Bonchev–Trinajstić information content (AvgIpc) is 3.04. The minimum atomic E-state index is -0.0460. The van der Waals surface area contributed by atoms with Crippen LogP contribution in [0.3, 0.4) is 0 Å². The first-order valence-electron chi connectivity index (χ1n) is 7.87. The van der Waals surface area contributed by atoms with Crippen LogP contribution in [0.1, 0.15) is 29.2 Å². The molecule has 0 bridgehead atoms. The van der Waals surface area contributed by atoms with Gasteiger partial charge >= 0.3 is 0 Å². The van der Waals surface area contributed by atoms with Gasteiger partial charge in [-0.2, -0.15) is 0 Å². The summed E-state index contributed by atoms with van der Waals surface area (Å²) < 4.78 is 1.62. The molecule has 3 aromatic rings. The summed E-state index contributed by atoms with van der Waals surface area (Å²) in [6.45, 7) is 2.58. The summed E-state index contributed by atoms with van der Waals surface area (Å²) >= 11 is 0. The molecule has 0 atom stereocenters. The third-order valence-corrected chi connectivity index (χ3v) is 4.39. The molecule has 4 rings (SSSR count). The first kappa shape index (κ1) is 14.0. The number of rotatable bonds is 3. The number of nitrogens with zero attached hydrogens (tertiary/aromatic N) is 5. The van der Waals surface area contributed by atoms with Gasteiger partial charge in [0.25, 0.3) is 5.56 Å². The van der Waals surface area contributed by atoms with Crippen LogP contribution < -0.4 is 5.56 Å². The third kappa shape index (κ3) is 2.50. The lowest BCUT2D eigenvalue weighted by Gasteiger charge is -2.08. The molecule has 6 nitrogen and oxygen atoms in total. The fourth-order valence-corrected chi connectivity index (χ4v) is 3.18. The SMILES string of the molecule is Cc1nc(CCn2cnc3cnccc3c2=O)nc2c1CCC2. The predicted octanol–water partition coefficient (Wildman–Crippen LogP) is 1.62. The van der Waals surface area contributed by atoms with E-state index in [9.17, 15) is 4.79 Å². The van der Waals surface area contributed by atoms with Crippen LogP contribution in [-0.4, -0.2) is 24.5 Å². The Kier molecular flexibility index (Phi) is 3.37. The molecule has 0 amide bonds. The Labute approximate surface area is 133 Å². The van der Waals surface area contributed by atoms with Gasteiger partial charge in [-0.05, 0) is 37.8 Å². The number of hydrogen-bond donors (Lipinski definition) is 0. The molecule has 0 radical (unpaired) electrons. The van der Waals surface area contributed by atoms with Crippen LogP contribution in [0.5, 0.6) is 0 Å². The summed E-state index contributed by atoms with van der Waals surface area (Å²) in [7, 11) is 0. The van der Waals surface area contributed by atoms with E-state index >= 15 is 0 Å². The maximum atomic E-state index is 12.5. The molecule has 1 aliphatic carbocycles. The second kappa shape index (κ2) is 5.53. The molecule has 1 aliphatic rings. The van der Waals surface area contributed by atoms with Crippen molar-refractivity contribution in [3.63, 3.8) is 0 Å². The summed E-state index contributed by atoms with van der Waals surface area (Å²) in [5.74, 6) is 0.810. The smallest absolute Gasteiger partial charge is 0.261 e. The number of aromatic nitrogens is 5. The monoisotopic (exact) mass is 307 g/mol. The summed E-state index contributed by atoms with van der Waals surface area (Å²) in [5, 5.41) is 0.591.